The number of para-hydroxylation sites is 1. The van der Waals surface area contributed by atoms with Gasteiger partial charge in [-0.05, 0) is 44.4 Å². The van der Waals surface area contributed by atoms with E-state index in [1.165, 1.54) is 11.3 Å². The maximum absolute atomic E-state index is 12.6. The fourth-order valence-electron chi connectivity index (χ4n) is 3.79. The zero-order valence-electron chi connectivity index (χ0n) is 17.2. The molecule has 1 heterocycles. The van der Waals surface area contributed by atoms with E-state index < -0.39 is 0 Å². The Kier molecular flexibility index (Phi) is 7.13. The summed E-state index contributed by atoms with van der Waals surface area (Å²) in [5, 5.41) is 13.3. The van der Waals surface area contributed by atoms with Gasteiger partial charge in [0.15, 0.2) is 11.5 Å². The predicted octanol–water partition coefficient (Wildman–Crippen LogP) is 3.98. The van der Waals surface area contributed by atoms with Gasteiger partial charge in [-0.15, -0.1) is 11.3 Å². The smallest absolute Gasteiger partial charge is 0.239 e. The van der Waals surface area contributed by atoms with Gasteiger partial charge in [-0.1, -0.05) is 18.6 Å². The number of fused-ring (bicyclic) bond motifs is 1. The molecule has 0 saturated carbocycles. The minimum Gasteiger partial charge on any atom is -0.493 e. The SMILES string of the molecule is COc1cccc(CN(C)CC(=O)Nc2sc3c(c2C#N)CCCCC3)c1OC. The zero-order valence-corrected chi connectivity index (χ0v) is 18.0. The number of rotatable bonds is 7. The van der Waals surface area contributed by atoms with E-state index >= 15 is 0 Å². The number of ether oxygens (including phenoxy) is 2. The number of carbonyl (C=O) groups excluding carboxylic acids is 1. The molecule has 1 aliphatic carbocycles. The van der Waals surface area contributed by atoms with E-state index in [0.29, 0.717) is 28.6 Å². The number of anilines is 1. The third-order valence-electron chi connectivity index (χ3n) is 5.12. The van der Waals surface area contributed by atoms with Crippen LogP contribution in [0.4, 0.5) is 5.00 Å². The van der Waals surface area contributed by atoms with Crippen molar-refractivity contribution in [1.82, 2.24) is 4.90 Å². The van der Waals surface area contributed by atoms with Gasteiger partial charge in [-0.2, -0.15) is 5.26 Å². The molecule has 3 rings (SSSR count). The van der Waals surface area contributed by atoms with E-state index in [1.807, 2.05) is 30.1 Å². The van der Waals surface area contributed by atoms with Gasteiger partial charge < -0.3 is 14.8 Å². The number of hydrogen-bond acceptors (Lipinski definition) is 6. The number of benzene rings is 1. The number of nitrogens with one attached hydrogen (secondary N) is 1. The maximum atomic E-state index is 12.6. The molecule has 0 radical (unpaired) electrons. The first-order valence-electron chi connectivity index (χ1n) is 9.80. The van der Waals surface area contributed by atoms with Crippen LogP contribution in [-0.2, 0) is 24.2 Å². The fourth-order valence-corrected chi connectivity index (χ4v) is 5.04. The number of nitrogens with zero attached hydrogens (tertiary/aromatic N) is 2. The Balaban J connectivity index is 1.67. The molecule has 0 fully saturated rings. The van der Waals surface area contributed by atoms with Crippen molar-refractivity contribution in [3.8, 4) is 17.6 Å². The van der Waals surface area contributed by atoms with Crippen molar-refractivity contribution in [3.63, 3.8) is 0 Å². The monoisotopic (exact) mass is 413 g/mol. The Bertz CT molecular complexity index is 917. The van der Waals surface area contributed by atoms with Gasteiger partial charge in [-0.25, -0.2) is 0 Å². The van der Waals surface area contributed by atoms with Crippen LogP contribution in [-0.4, -0.2) is 38.6 Å². The lowest BCUT2D eigenvalue weighted by atomic mass is 10.1. The lowest BCUT2D eigenvalue weighted by molar-refractivity contribution is -0.117. The summed E-state index contributed by atoms with van der Waals surface area (Å²) in [4.78, 5) is 15.8. The van der Waals surface area contributed by atoms with Crippen LogP contribution in [0.5, 0.6) is 11.5 Å². The summed E-state index contributed by atoms with van der Waals surface area (Å²) in [6.45, 7) is 0.758. The van der Waals surface area contributed by atoms with Crippen molar-refractivity contribution >= 4 is 22.2 Å². The summed E-state index contributed by atoms with van der Waals surface area (Å²) in [5.41, 5.74) is 2.74. The van der Waals surface area contributed by atoms with Crippen LogP contribution >= 0.6 is 11.3 Å². The number of aryl methyl sites for hydroxylation is 1. The number of likely N-dealkylation sites (N-methyl/N-ethyl adjacent to an activating group) is 1. The van der Waals surface area contributed by atoms with Gasteiger partial charge in [0.2, 0.25) is 5.91 Å². The Labute approximate surface area is 176 Å². The van der Waals surface area contributed by atoms with Gasteiger partial charge in [0.1, 0.15) is 11.1 Å². The third-order valence-corrected chi connectivity index (χ3v) is 6.33. The molecule has 0 aliphatic heterocycles. The highest BCUT2D eigenvalue weighted by molar-refractivity contribution is 7.16. The molecular formula is C22H27N3O3S. The van der Waals surface area contributed by atoms with E-state index in [9.17, 15) is 10.1 Å². The molecule has 29 heavy (non-hydrogen) atoms. The highest BCUT2D eigenvalue weighted by atomic mass is 32.1. The molecule has 1 N–H and O–H groups in total. The van der Waals surface area contributed by atoms with Gasteiger partial charge in [0.05, 0.1) is 26.3 Å². The predicted molar refractivity (Wildman–Crippen MR) is 115 cm³/mol. The maximum Gasteiger partial charge on any atom is 0.239 e. The molecule has 1 aromatic carbocycles. The van der Waals surface area contributed by atoms with Gasteiger partial charge in [0, 0.05) is 17.0 Å². The number of methoxy groups -OCH3 is 2. The first kappa shape index (κ1) is 21.2. The first-order valence-corrected chi connectivity index (χ1v) is 10.6. The van der Waals surface area contributed by atoms with Crippen molar-refractivity contribution < 1.29 is 14.3 Å². The summed E-state index contributed by atoms with van der Waals surface area (Å²) < 4.78 is 10.8. The average molecular weight is 414 g/mol. The van der Waals surface area contributed by atoms with Gasteiger partial charge in [0.25, 0.3) is 0 Å². The van der Waals surface area contributed by atoms with Crippen LogP contribution in [0.15, 0.2) is 18.2 Å². The molecule has 0 unspecified atom stereocenters. The number of amides is 1. The number of hydrogen-bond donors (Lipinski definition) is 1. The highest BCUT2D eigenvalue weighted by Gasteiger charge is 2.21. The molecule has 0 saturated heterocycles. The van der Waals surface area contributed by atoms with Gasteiger partial charge >= 0.3 is 0 Å². The topological polar surface area (TPSA) is 74.6 Å². The molecule has 0 atom stereocenters. The Morgan fingerprint density at radius 1 is 1.24 bits per heavy atom. The highest BCUT2D eigenvalue weighted by Crippen LogP contribution is 2.37. The van der Waals surface area contributed by atoms with E-state index in [4.69, 9.17) is 9.47 Å². The molecule has 154 valence electrons. The van der Waals surface area contributed by atoms with Crippen LogP contribution < -0.4 is 14.8 Å². The lowest BCUT2D eigenvalue weighted by Gasteiger charge is -2.19. The summed E-state index contributed by atoms with van der Waals surface area (Å²) >= 11 is 1.56. The summed E-state index contributed by atoms with van der Waals surface area (Å²) in [5.74, 6) is 1.22. The van der Waals surface area contributed by atoms with E-state index in [-0.39, 0.29) is 12.5 Å². The van der Waals surface area contributed by atoms with Crippen molar-refractivity contribution in [1.29, 1.82) is 5.26 Å². The summed E-state index contributed by atoms with van der Waals surface area (Å²) in [7, 11) is 5.10. The minimum absolute atomic E-state index is 0.123. The van der Waals surface area contributed by atoms with E-state index in [0.717, 1.165) is 36.8 Å². The van der Waals surface area contributed by atoms with Crippen LogP contribution in [0, 0.1) is 11.3 Å². The lowest BCUT2D eigenvalue weighted by Crippen LogP contribution is -2.30. The fraction of sp³-hybridized carbons (Fsp3) is 0.455. The normalized spacial score (nSPS) is 13.3. The Morgan fingerprint density at radius 3 is 2.76 bits per heavy atom. The molecule has 2 aromatic rings. The van der Waals surface area contributed by atoms with E-state index in [2.05, 4.69) is 11.4 Å². The molecule has 1 aliphatic rings. The van der Waals surface area contributed by atoms with Crippen molar-refractivity contribution in [3.05, 3.63) is 39.8 Å². The Morgan fingerprint density at radius 2 is 2.03 bits per heavy atom. The molecule has 7 heteroatoms. The van der Waals surface area contributed by atoms with Crippen molar-refractivity contribution in [2.24, 2.45) is 0 Å². The summed E-state index contributed by atoms with van der Waals surface area (Å²) in [6.07, 6.45) is 5.39. The number of thiophene rings is 1. The zero-order chi connectivity index (χ0) is 20.8. The largest absolute Gasteiger partial charge is 0.493 e. The first-order chi connectivity index (χ1) is 14.1. The van der Waals surface area contributed by atoms with Crippen molar-refractivity contribution in [2.45, 2.75) is 38.6 Å². The quantitative estimate of drug-likeness (QED) is 0.695. The van der Waals surface area contributed by atoms with Crippen LogP contribution in [0.2, 0.25) is 0 Å². The van der Waals surface area contributed by atoms with Gasteiger partial charge in [-0.3, -0.25) is 9.69 Å². The van der Waals surface area contributed by atoms with Crippen LogP contribution in [0.3, 0.4) is 0 Å². The average Bonchev–Trinajstić information content (AvgIpc) is 2.86. The molecule has 1 amide bonds. The minimum atomic E-state index is -0.123. The Hall–Kier alpha value is -2.56. The molecule has 0 bridgehead atoms. The molecule has 1 aromatic heterocycles. The molecule has 0 spiro atoms. The third kappa shape index (κ3) is 4.89. The summed E-state index contributed by atoms with van der Waals surface area (Å²) in [6, 6.07) is 8.02. The van der Waals surface area contributed by atoms with Crippen molar-refractivity contribution in [2.75, 3.05) is 33.1 Å². The molecule has 6 nitrogen and oxygen atoms in total. The number of nitriles is 1. The second-order valence-electron chi connectivity index (χ2n) is 7.25. The standard InChI is InChI=1S/C22H27N3O3S/c1-25(13-15-8-7-10-18(27-2)21(15)28-3)14-20(26)24-22-17(12-23)16-9-5-4-6-11-19(16)29-22/h7-8,10H,4-6,9,11,13-14H2,1-3H3,(H,24,26). The second kappa shape index (κ2) is 9.77. The van der Waals surface area contributed by atoms with E-state index in [1.54, 1.807) is 25.6 Å². The van der Waals surface area contributed by atoms with Crippen LogP contribution in [0.25, 0.3) is 0 Å². The second-order valence-corrected chi connectivity index (χ2v) is 8.36. The van der Waals surface area contributed by atoms with Crippen LogP contribution in [0.1, 0.15) is 40.8 Å². The number of carbonyl (C=O) groups is 1. The molecular weight excluding hydrogens is 386 g/mol.